The van der Waals surface area contributed by atoms with Crippen LogP contribution in [0.4, 0.5) is 0 Å². The fraction of sp³-hybridized carbons (Fsp3) is 0.688. The van der Waals surface area contributed by atoms with Crippen LogP contribution in [0.2, 0.25) is 0 Å². The summed E-state index contributed by atoms with van der Waals surface area (Å²) in [4.78, 5) is 0. The van der Waals surface area contributed by atoms with Crippen molar-refractivity contribution in [1.82, 2.24) is 5.32 Å². The molecule has 0 aromatic carbocycles. The Morgan fingerprint density at radius 2 is 1.82 bits per heavy atom. The van der Waals surface area contributed by atoms with Crippen LogP contribution < -0.4 is 5.32 Å². The van der Waals surface area contributed by atoms with Gasteiger partial charge in [0, 0.05) is 0 Å². The van der Waals surface area contributed by atoms with Crippen LogP contribution in [0.1, 0.15) is 92.4 Å². The zero-order valence-electron chi connectivity index (χ0n) is 23.0. The number of rotatable bonds is 6. The molecule has 0 aliphatic heterocycles. The highest BCUT2D eigenvalue weighted by atomic mass is 14.7. The molecule has 1 heteroatoms. The summed E-state index contributed by atoms with van der Waals surface area (Å²) in [6, 6.07) is 0. The van der Waals surface area contributed by atoms with Crippen LogP contribution in [0.3, 0.4) is 0 Å². The van der Waals surface area contributed by atoms with Crippen molar-refractivity contribution in [2.75, 3.05) is 14.1 Å². The van der Waals surface area contributed by atoms with Gasteiger partial charge < -0.3 is 5.32 Å². The molecular weight excluding hydrogens is 398 g/mol. The molecule has 1 N–H and O–H groups in total. The zero-order chi connectivity index (χ0) is 24.6. The Kier molecular flexibility index (Phi) is 10.9. The Balaban J connectivity index is 0.00000122. The Morgan fingerprint density at radius 1 is 1.12 bits per heavy atom. The number of allylic oxidation sites excluding steroid dienone is 8. The first kappa shape index (κ1) is 27.9. The highest BCUT2D eigenvalue weighted by Crippen LogP contribution is 2.58. The van der Waals surface area contributed by atoms with Crippen LogP contribution in [-0.4, -0.2) is 14.1 Å². The standard InChI is InChI=1S/C30H46.C2H7N/c1-21(2)23(5)10-8-12-28-17-18-29-25(11-9-19-30(28,29)7)15-16-27-20-26(22(3)4)14-13-24(27)6;1-3-2/h8,10,15-16,21,23,26,28-29H,3,6,9,11-14,17-20H2,1-2,4-5,7H3;3H,1-2H3/b10-8+,25-15+,27-16+;. The highest BCUT2D eigenvalue weighted by Gasteiger charge is 2.48. The molecule has 0 aromatic heterocycles. The van der Waals surface area contributed by atoms with Gasteiger partial charge in [-0.2, -0.15) is 0 Å². The molecule has 5 unspecified atom stereocenters. The highest BCUT2D eigenvalue weighted by molar-refractivity contribution is 5.37. The van der Waals surface area contributed by atoms with Crippen molar-refractivity contribution in [3.8, 4) is 0 Å². The summed E-state index contributed by atoms with van der Waals surface area (Å²) in [5, 5.41) is 2.75. The first-order chi connectivity index (χ1) is 15.6. The van der Waals surface area contributed by atoms with E-state index >= 15 is 0 Å². The molecule has 1 nitrogen and oxygen atoms in total. The first-order valence-corrected chi connectivity index (χ1v) is 13.6. The number of hydrogen-bond acceptors (Lipinski definition) is 1. The van der Waals surface area contributed by atoms with Crippen LogP contribution in [0, 0.1) is 35.0 Å². The third-order valence-electron chi connectivity index (χ3n) is 8.98. The van der Waals surface area contributed by atoms with Gasteiger partial charge in [0.2, 0.25) is 0 Å². The lowest BCUT2D eigenvalue weighted by molar-refractivity contribution is 0.137. The molecule has 0 saturated heterocycles. The average molecular weight is 452 g/mol. The van der Waals surface area contributed by atoms with E-state index in [1.54, 1.807) is 5.57 Å². The largest absolute Gasteiger partial charge is 0.323 e. The maximum Gasteiger partial charge on any atom is -0.0143 e. The molecule has 0 bridgehead atoms. The molecular formula is C32H53N. The monoisotopic (exact) mass is 451 g/mol. The molecule has 0 spiro atoms. The summed E-state index contributed by atoms with van der Waals surface area (Å²) in [6.07, 6.45) is 21.6. The third kappa shape index (κ3) is 7.32. The predicted molar refractivity (Wildman–Crippen MR) is 148 cm³/mol. The summed E-state index contributed by atoms with van der Waals surface area (Å²) in [6.45, 7) is 20.4. The second kappa shape index (κ2) is 12.9. The van der Waals surface area contributed by atoms with Crippen LogP contribution >= 0.6 is 0 Å². The van der Waals surface area contributed by atoms with Crippen molar-refractivity contribution in [3.63, 3.8) is 0 Å². The molecule has 0 aromatic rings. The molecule has 3 aliphatic rings. The second-order valence-corrected chi connectivity index (χ2v) is 11.8. The third-order valence-corrected chi connectivity index (χ3v) is 8.98. The molecule has 186 valence electrons. The lowest BCUT2D eigenvalue weighted by atomic mass is 9.63. The van der Waals surface area contributed by atoms with Gasteiger partial charge in [-0.05, 0) is 119 Å². The number of fused-ring (bicyclic) bond motifs is 1. The van der Waals surface area contributed by atoms with Gasteiger partial charge in [0.25, 0.3) is 0 Å². The van der Waals surface area contributed by atoms with Crippen LogP contribution in [0.15, 0.2) is 59.8 Å². The van der Waals surface area contributed by atoms with Gasteiger partial charge >= 0.3 is 0 Å². The second-order valence-electron chi connectivity index (χ2n) is 11.8. The van der Waals surface area contributed by atoms with Crippen LogP contribution in [0.5, 0.6) is 0 Å². The van der Waals surface area contributed by atoms with Crippen molar-refractivity contribution in [1.29, 1.82) is 0 Å². The number of hydrogen-bond donors (Lipinski definition) is 1. The van der Waals surface area contributed by atoms with Crippen molar-refractivity contribution < 1.29 is 0 Å². The van der Waals surface area contributed by atoms with Gasteiger partial charge in [-0.1, -0.05) is 81.9 Å². The van der Waals surface area contributed by atoms with E-state index in [0.717, 1.165) is 30.6 Å². The minimum absolute atomic E-state index is 0.498. The Labute approximate surface area is 206 Å². The topological polar surface area (TPSA) is 12.0 Å². The summed E-state index contributed by atoms with van der Waals surface area (Å²) >= 11 is 0. The van der Waals surface area contributed by atoms with E-state index in [9.17, 15) is 0 Å². The molecule has 0 heterocycles. The lowest BCUT2D eigenvalue weighted by Crippen LogP contribution is -2.33. The minimum atomic E-state index is 0.498. The van der Waals surface area contributed by atoms with E-state index in [2.05, 4.69) is 77.4 Å². The SMILES string of the molecule is C=C1CCC(C(=C)C)C/C1=C\C=C1/CCCC2(C)C(C/C=C/C(C)C(C)C)CCC12.CNC. The Hall–Kier alpha value is -1.34. The predicted octanol–water partition coefficient (Wildman–Crippen LogP) is 9.06. The van der Waals surface area contributed by atoms with Gasteiger partial charge in [0.05, 0.1) is 0 Å². The fourth-order valence-electron chi connectivity index (χ4n) is 6.25. The zero-order valence-corrected chi connectivity index (χ0v) is 23.0. The van der Waals surface area contributed by atoms with Gasteiger partial charge in [-0.3, -0.25) is 0 Å². The smallest absolute Gasteiger partial charge is 0.0143 e. The van der Waals surface area contributed by atoms with Crippen molar-refractivity contribution in [2.24, 2.45) is 35.0 Å². The summed E-state index contributed by atoms with van der Waals surface area (Å²) < 4.78 is 0. The summed E-state index contributed by atoms with van der Waals surface area (Å²) in [7, 11) is 3.75. The number of nitrogens with one attached hydrogen (secondary N) is 1. The molecule has 3 aliphatic carbocycles. The minimum Gasteiger partial charge on any atom is -0.323 e. The van der Waals surface area contributed by atoms with Crippen molar-refractivity contribution in [2.45, 2.75) is 92.4 Å². The summed E-state index contributed by atoms with van der Waals surface area (Å²) in [5.74, 6) is 3.72. The van der Waals surface area contributed by atoms with Gasteiger partial charge in [0.1, 0.15) is 0 Å². The van der Waals surface area contributed by atoms with Crippen LogP contribution in [0.25, 0.3) is 0 Å². The molecule has 5 atom stereocenters. The van der Waals surface area contributed by atoms with Gasteiger partial charge in [-0.15, -0.1) is 0 Å². The van der Waals surface area contributed by atoms with Gasteiger partial charge in [-0.25, -0.2) is 0 Å². The van der Waals surface area contributed by atoms with E-state index in [-0.39, 0.29) is 0 Å². The average Bonchev–Trinajstić information content (AvgIpc) is 3.10. The molecule has 33 heavy (non-hydrogen) atoms. The molecule has 3 saturated carbocycles. The fourth-order valence-corrected chi connectivity index (χ4v) is 6.25. The molecule has 3 fully saturated rings. The lowest BCUT2D eigenvalue weighted by Gasteiger charge is -2.42. The molecule has 3 rings (SSSR count). The Bertz CT molecular complexity index is 748. The summed E-state index contributed by atoms with van der Waals surface area (Å²) in [5.41, 5.74) is 6.40. The Morgan fingerprint density at radius 3 is 2.45 bits per heavy atom. The first-order valence-electron chi connectivity index (χ1n) is 13.6. The maximum absolute atomic E-state index is 4.37. The molecule has 0 radical (unpaired) electrons. The van der Waals surface area contributed by atoms with Crippen molar-refractivity contribution >= 4 is 0 Å². The van der Waals surface area contributed by atoms with E-state index in [4.69, 9.17) is 0 Å². The van der Waals surface area contributed by atoms with Gasteiger partial charge in [0.15, 0.2) is 0 Å². The normalized spacial score (nSPS) is 33.3. The van der Waals surface area contributed by atoms with E-state index in [1.807, 2.05) is 14.1 Å². The van der Waals surface area contributed by atoms with E-state index < -0.39 is 0 Å². The van der Waals surface area contributed by atoms with E-state index in [1.165, 1.54) is 61.7 Å². The van der Waals surface area contributed by atoms with E-state index in [0.29, 0.717) is 17.3 Å². The molecule has 0 amide bonds. The quantitative estimate of drug-likeness (QED) is 0.397. The maximum atomic E-state index is 4.37. The van der Waals surface area contributed by atoms with Crippen molar-refractivity contribution in [3.05, 3.63) is 59.8 Å². The van der Waals surface area contributed by atoms with Crippen LogP contribution in [-0.2, 0) is 0 Å².